The Labute approximate surface area is 74.4 Å². The fraction of sp³-hybridized carbons (Fsp3) is 0.375. The molecular weight excluding hydrogens is 178 g/mol. The Morgan fingerprint density at radius 2 is 2.00 bits per heavy atom. The summed E-state index contributed by atoms with van der Waals surface area (Å²) in [5.41, 5.74) is 0.662. The van der Waals surface area contributed by atoms with Gasteiger partial charge in [0, 0.05) is 24.6 Å². The van der Waals surface area contributed by atoms with E-state index in [-0.39, 0.29) is 6.54 Å². The Morgan fingerprint density at radius 3 is 2.54 bits per heavy atom. The van der Waals surface area contributed by atoms with Crippen LogP contribution in [0.15, 0.2) is 24.5 Å². The quantitative estimate of drug-likeness (QED) is 0.744. The van der Waals surface area contributed by atoms with Crippen molar-refractivity contribution in [3.8, 4) is 0 Å². The van der Waals surface area contributed by atoms with Crippen molar-refractivity contribution in [2.24, 2.45) is 0 Å². The monoisotopic (exact) mass is 188 g/mol. The van der Waals surface area contributed by atoms with E-state index in [1.807, 2.05) is 0 Å². The average molecular weight is 188 g/mol. The van der Waals surface area contributed by atoms with Crippen LogP contribution in [-0.4, -0.2) is 29.2 Å². The van der Waals surface area contributed by atoms with Crippen molar-refractivity contribution in [1.82, 2.24) is 4.98 Å². The van der Waals surface area contributed by atoms with E-state index < -0.39 is 12.5 Å². The van der Waals surface area contributed by atoms with E-state index in [2.05, 4.69) is 10.3 Å². The fourth-order valence-corrected chi connectivity index (χ4v) is 0.781. The van der Waals surface area contributed by atoms with Crippen LogP contribution in [0, 0.1) is 0 Å². The number of anilines is 1. The van der Waals surface area contributed by atoms with Crippen LogP contribution in [-0.2, 0) is 0 Å². The van der Waals surface area contributed by atoms with Crippen LogP contribution >= 0.6 is 0 Å². The number of rotatable bonds is 4. The molecule has 5 heteroatoms. The van der Waals surface area contributed by atoms with Crippen molar-refractivity contribution in [3.63, 3.8) is 0 Å². The van der Waals surface area contributed by atoms with Crippen LogP contribution in [0.25, 0.3) is 0 Å². The molecular formula is C8H10F2N2O. The number of aromatic nitrogens is 1. The maximum atomic E-state index is 11.8. The summed E-state index contributed by atoms with van der Waals surface area (Å²) in [5.74, 6) is 0. The molecule has 1 atom stereocenters. The second-order valence-corrected chi connectivity index (χ2v) is 2.52. The lowest BCUT2D eigenvalue weighted by Crippen LogP contribution is -2.26. The molecule has 0 amide bonds. The summed E-state index contributed by atoms with van der Waals surface area (Å²) >= 11 is 0. The smallest absolute Gasteiger partial charge is 0.265 e. The number of hydrogen-bond acceptors (Lipinski definition) is 3. The number of aliphatic hydroxyl groups excluding tert-OH is 1. The molecule has 0 saturated heterocycles. The summed E-state index contributed by atoms with van der Waals surface area (Å²) in [6, 6.07) is 3.27. The molecule has 0 saturated carbocycles. The molecule has 0 bridgehead atoms. The molecule has 1 heterocycles. The highest BCUT2D eigenvalue weighted by Crippen LogP contribution is 2.05. The number of pyridine rings is 1. The third-order valence-corrected chi connectivity index (χ3v) is 1.49. The zero-order valence-corrected chi connectivity index (χ0v) is 6.82. The maximum absolute atomic E-state index is 11.8. The Morgan fingerprint density at radius 1 is 1.38 bits per heavy atom. The van der Waals surface area contributed by atoms with Gasteiger partial charge in [0.15, 0.2) is 0 Å². The molecule has 72 valence electrons. The molecule has 1 aromatic rings. The largest absolute Gasteiger partial charge is 0.385 e. The van der Waals surface area contributed by atoms with Crippen LogP contribution in [0.2, 0.25) is 0 Å². The van der Waals surface area contributed by atoms with Gasteiger partial charge in [0.25, 0.3) is 6.43 Å². The number of nitrogens with zero attached hydrogens (tertiary/aromatic N) is 1. The molecule has 0 aliphatic heterocycles. The van der Waals surface area contributed by atoms with Crippen molar-refractivity contribution in [2.45, 2.75) is 12.5 Å². The summed E-state index contributed by atoms with van der Waals surface area (Å²) in [7, 11) is 0. The molecule has 0 aromatic carbocycles. The number of nitrogens with one attached hydrogen (secondary N) is 1. The number of alkyl halides is 2. The summed E-state index contributed by atoms with van der Waals surface area (Å²) in [4.78, 5) is 3.76. The molecule has 0 radical (unpaired) electrons. The van der Waals surface area contributed by atoms with Gasteiger partial charge in [-0.2, -0.15) is 0 Å². The Kier molecular flexibility index (Phi) is 3.57. The molecule has 3 nitrogen and oxygen atoms in total. The first-order valence-corrected chi connectivity index (χ1v) is 3.80. The minimum absolute atomic E-state index is 0.165. The number of hydrogen-bond donors (Lipinski definition) is 2. The first-order valence-electron chi connectivity index (χ1n) is 3.80. The van der Waals surface area contributed by atoms with Crippen molar-refractivity contribution >= 4 is 5.69 Å². The van der Waals surface area contributed by atoms with Gasteiger partial charge in [0.2, 0.25) is 0 Å². The molecule has 0 aliphatic rings. The number of halogens is 2. The molecule has 1 rings (SSSR count). The molecule has 1 aromatic heterocycles. The number of aliphatic hydroxyl groups is 1. The average Bonchev–Trinajstić information content (AvgIpc) is 2.15. The lowest BCUT2D eigenvalue weighted by Gasteiger charge is -2.10. The van der Waals surface area contributed by atoms with Crippen LogP contribution in [0.4, 0.5) is 14.5 Å². The zero-order valence-electron chi connectivity index (χ0n) is 6.82. The zero-order chi connectivity index (χ0) is 9.68. The van der Waals surface area contributed by atoms with Crippen LogP contribution in [0.1, 0.15) is 0 Å². The van der Waals surface area contributed by atoms with Crippen molar-refractivity contribution in [1.29, 1.82) is 0 Å². The molecule has 0 spiro atoms. The van der Waals surface area contributed by atoms with E-state index in [1.54, 1.807) is 12.1 Å². The van der Waals surface area contributed by atoms with E-state index in [4.69, 9.17) is 5.11 Å². The Balaban J connectivity index is 2.35. The highest BCUT2D eigenvalue weighted by molar-refractivity contribution is 5.40. The fourth-order valence-electron chi connectivity index (χ4n) is 0.781. The van der Waals surface area contributed by atoms with Gasteiger partial charge in [-0.3, -0.25) is 4.98 Å². The minimum Gasteiger partial charge on any atom is -0.385 e. The lowest BCUT2D eigenvalue weighted by molar-refractivity contribution is 0.00384. The first kappa shape index (κ1) is 9.85. The van der Waals surface area contributed by atoms with Crippen LogP contribution in [0.5, 0.6) is 0 Å². The van der Waals surface area contributed by atoms with E-state index in [9.17, 15) is 8.78 Å². The Hall–Kier alpha value is -1.23. The summed E-state index contributed by atoms with van der Waals surface area (Å²) in [5, 5.41) is 11.4. The summed E-state index contributed by atoms with van der Waals surface area (Å²) in [6.07, 6.45) is -1.27. The molecule has 0 aliphatic carbocycles. The van der Waals surface area contributed by atoms with Gasteiger partial charge >= 0.3 is 0 Å². The Bertz CT molecular complexity index is 243. The predicted molar refractivity (Wildman–Crippen MR) is 44.7 cm³/mol. The first-order chi connectivity index (χ1) is 6.20. The van der Waals surface area contributed by atoms with Gasteiger partial charge in [-0.1, -0.05) is 0 Å². The predicted octanol–water partition coefficient (Wildman–Crippen LogP) is 1.12. The van der Waals surface area contributed by atoms with E-state index in [0.717, 1.165) is 0 Å². The third-order valence-electron chi connectivity index (χ3n) is 1.49. The van der Waals surface area contributed by atoms with Crippen LogP contribution < -0.4 is 5.32 Å². The second kappa shape index (κ2) is 4.71. The second-order valence-electron chi connectivity index (χ2n) is 2.52. The molecule has 2 N–H and O–H groups in total. The summed E-state index contributed by atoms with van der Waals surface area (Å²) < 4.78 is 23.7. The van der Waals surface area contributed by atoms with Gasteiger partial charge in [-0.15, -0.1) is 0 Å². The van der Waals surface area contributed by atoms with Crippen molar-refractivity contribution in [2.75, 3.05) is 11.9 Å². The highest BCUT2D eigenvalue weighted by Gasteiger charge is 2.15. The topological polar surface area (TPSA) is 45.1 Å². The lowest BCUT2D eigenvalue weighted by atomic mass is 10.3. The molecule has 13 heavy (non-hydrogen) atoms. The van der Waals surface area contributed by atoms with Gasteiger partial charge < -0.3 is 10.4 Å². The van der Waals surface area contributed by atoms with Gasteiger partial charge in [-0.05, 0) is 12.1 Å². The van der Waals surface area contributed by atoms with Crippen LogP contribution in [0.3, 0.4) is 0 Å². The third kappa shape index (κ3) is 3.33. The SMILES string of the molecule is OC(CNc1ccncc1)C(F)F. The van der Waals surface area contributed by atoms with E-state index in [0.29, 0.717) is 5.69 Å². The maximum Gasteiger partial charge on any atom is 0.265 e. The van der Waals surface area contributed by atoms with Gasteiger partial charge in [-0.25, -0.2) is 8.78 Å². The summed E-state index contributed by atoms with van der Waals surface area (Å²) in [6.45, 7) is -0.165. The van der Waals surface area contributed by atoms with Crippen molar-refractivity contribution in [3.05, 3.63) is 24.5 Å². The standard InChI is InChI=1S/C8H10F2N2O/c9-8(10)7(13)5-12-6-1-3-11-4-2-6/h1-4,7-8,13H,5H2,(H,11,12). The van der Waals surface area contributed by atoms with Gasteiger partial charge in [0.1, 0.15) is 6.10 Å². The highest BCUT2D eigenvalue weighted by atomic mass is 19.3. The molecule has 1 unspecified atom stereocenters. The van der Waals surface area contributed by atoms with E-state index >= 15 is 0 Å². The molecule has 0 fully saturated rings. The van der Waals surface area contributed by atoms with Crippen molar-refractivity contribution < 1.29 is 13.9 Å². The van der Waals surface area contributed by atoms with E-state index in [1.165, 1.54) is 12.4 Å². The normalized spacial score (nSPS) is 12.9. The minimum atomic E-state index is -2.71. The van der Waals surface area contributed by atoms with Gasteiger partial charge in [0.05, 0.1) is 0 Å².